The molecule has 0 saturated carbocycles. The van der Waals surface area contributed by atoms with Crippen molar-refractivity contribution in [2.75, 3.05) is 0 Å². The van der Waals surface area contributed by atoms with Crippen LogP contribution in [0, 0.1) is 18.9 Å². The van der Waals surface area contributed by atoms with E-state index in [0.717, 1.165) is 11.1 Å². The molecule has 1 aliphatic rings. The standard InChI is InChI=1S/C14H11NO/c1-3-4-14(16)13-7-5-10-9-11(15-2)6-8-12(10)13/h1,5-9,13-14,16H,4H2. The molecule has 78 valence electrons. The van der Waals surface area contributed by atoms with Crippen molar-refractivity contribution in [3.05, 3.63) is 46.8 Å². The van der Waals surface area contributed by atoms with Gasteiger partial charge in [0, 0.05) is 12.3 Å². The van der Waals surface area contributed by atoms with Gasteiger partial charge in [0.2, 0.25) is 0 Å². The van der Waals surface area contributed by atoms with E-state index in [-0.39, 0.29) is 5.92 Å². The molecule has 16 heavy (non-hydrogen) atoms. The molecule has 2 heteroatoms. The first kappa shape index (κ1) is 10.5. The maximum atomic E-state index is 9.87. The van der Waals surface area contributed by atoms with Gasteiger partial charge in [0.25, 0.3) is 0 Å². The smallest absolute Gasteiger partial charge is 0.187 e. The summed E-state index contributed by atoms with van der Waals surface area (Å²) in [6.07, 6.45) is 8.88. The number of terminal acetylenes is 1. The minimum atomic E-state index is -0.540. The first-order valence-corrected chi connectivity index (χ1v) is 5.07. The minimum Gasteiger partial charge on any atom is -0.391 e. The largest absolute Gasteiger partial charge is 0.391 e. The van der Waals surface area contributed by atoms with E-state index >= 15 is 0 Å². The van der Waals surface area contributed by atoms with Crippen LogP contribution in [-0.2, 0) is 0 Å². The quantitative estimate of drug-likeness (QED) is 0.588. The monoisotopic (exact) mass is 209 g/mol. The fourth-order valence-electron chi connectivity index (χ4n) is 1.97. The summed E-state index contributed by atoms with van der Waals surface area (Å²) in [4.78, 5) is 3.38. The molecule has 0 fully saturated rings. The molecular formula is C14H11NO. The Bertz CT molecular complexity index is 517. The van der Waals surface area contributed by atoms with Gasteiger partial charge in [0.15, 0.2) is 5.69 Å². The van der Waals surface area contributed by atoms with E-state index < -0.39 is 6.10 Å². The maximum Gasteiger partial charge on any atom is 0.187 e. The van der Waals surface area contributed by atoms with Crippen molar-refractivity contribution < 1.29 is 5.11 Å². The number of rotatable bonds is 2. The topological polar surface area (TPSA) is 24.6 Å². The van der Waals surface area contributed by atoms with Crippen LogP contribution in [0.25, 0.3) is 10.9 Å². The number of nitrogens with zero attached hydrogens (tertiary/aromatic N) is 1. The molecule has 0 amide bonds. The molecule has 1 aromatic rings. The summed E-state index contributed by atoms with van der Waals surface area (Å²) < 4.78 is 0. The Morgan fingerprint density at radius 1 is 1.56 bits per heavy atom. The van der Waals surface area contributed by atoms with E-state index in [1.54, 1.807) is 6.07 Å². The van der Waals surface area contributed by atoms with Crippen molar-refractivity contribution in [2.24, 2.45) is 0 Å². The van der Waals surface area contributed by atoms with Crippen LogP contribution in [0.5, 0.6) is 0 Å². The molecule has 0 bridgehead atoms. The van der Waals surface area contributed by atoms with Crippen LogP contribution in [0.3, 0.4) is 0 Å². The van der Waals surface area contributed by atoms with E-state index in [1.165, 1.54) is 0 Å². The van der Waals surface area contributed by atoms with Crippen molar-refractivity contribution in [3.63, 3.8) is 0 Å². The van der Waals surface area contributed by atoms with Crippen molar-refractivity contribution in [2.45, 2.75) is 18.4 Å². The highest BCUT2D eigenvalue weighted by atomic mass is 16.3. The Morgan fingerprint density at radius 2 is 2.38 bits per heavy atom. The highest BCUT2D eigenvalue weighted by Crippen LogP contribution is 2.35. The second-order valence-corrected chi connectivity index (χ2v) is 3.79. The molecular weight excluding hydrogens is 198 g/mol. The predicted octanol–water partition coefficient (Wildman–Crippen LogP) is 2.73. The number of aliphatic hydroxyl groups is 1. The Labute approximate surface area is 95.1 Å². The summed E-state index contributed by atoms with van der Waals surface area (Å²) in [5, 5.41) is 9.87. The zero-order chi connectivity index (χ0) is 11.5. The summed E-state index contributed by atoms with van der Waals surface area (Å²) in [5.41, 5.74) is 2.68. The summed E-state index contributed by atoms with van der Waals surface area (Å²) in [7, 11) is 0. The van der Waals surface area contributed by atoms with Crippen molar-refractivity contribution in [1.29, 1.82) is 0 Å². The molecule has 0 radical (unpaired) electrons. The summed E-state index contributed by atoms with van der Waals surface area (Å²) in [6.45, 7) is 6.93. The Morgan fingerprint density at radius 3 is 3.06 bits per heavy atom. The lowest BCUT2D eigenvalue weighted by Crippen LogP contribution is -2.14. The second kappa shape index (κ2) is 4.23. The zero-order valence-corrected chi connectivity index (χ0v) is 8.72. The maximum absolute atomic E-state index is 9.87. The number of hydrogen-bond donors (Lipinski definition) is 1. The average molecular weight is 209 g/mol. The van der Waals surface area contributed by atoms with Gasteiger partial charge in [-0.05, 0) is 17.2 Å². The van der Waals surface area contributed by atoms with E-state index in [2.05, 4.69) is 10.8 Å². The Kier molecular flexibility index (Phi) is 2.77. The molecule has 1 N–H and O–H groups in total. The first-order valence-electron chi connectivity index (χ1n) is 5.07. The Hall–Kier alpha value is -2.03. The third-order valence-electron chi connectivity index (χ3n) is 2.78. The lowest BCUT2D eigenvalue weighted by atomic mass is 9.93. The van der Waals surface area contributed by atoms with Crippen LogP contribution in [0.4, 0.5) is 5.69 Å². The molecule has 2 unspecified atom stereocenters. The van der Waals surface area contributed by atoms with E-state index in [4.69, 9.17) is 13.0 Å². The SMILES string of the molecule is [C-]#[N+]c1ccc2c(c1)C=CC2C(O)CC#C. The average Bonchev–Trinajstić information content (AvgIpc) is 2.71. The van der Waals surface area contributed by atoms with Gasteiger partial charge in [-0.2, -0.15) is 0 Å². The first-order chi connectivity index (χ1) is 7.76. The summed E-state index contributed by atoms with van der Waals surface area (Å²) in [6, 6.07) is 5.50. The highest BCUT2D eigenvalue weighted by Gasteiger charge is 2.23. The van der Waals surface area contributed by atoms with Gasteiger partial charge in [-0.1, -0.05) is 24.3 Å². The van der Waals surface area contributed by atoms with Crippen LogP contribution in [0.1, 0.15) is 23.5 Å². The molecule has 0 heterocycles. The van der Waals surface area contributed by atoms with Crippen molar-refractivity contribution in [3.8, 4) is 12.3 Å². The molecule has 1 aliphatic carbocycles. The van der Waals surface area contributed by atoms with Crippen LogP contribution in [-0.4, -0.2) is 11.2 Å². The fraction of sp³-hybridized carbons (Fsp3) is 0.214. The van der Waals surface area contributed by atoms with Crippen LogP contribution < -0.4 is 0 Å². The van der Waals surface area contributed by atoms with Crippen molar-refractivity contribution in [1.82, 2.24) is 0 Å². The number of benzene rings is 1. The molecule has 0 aromatic heterocycles. The molecule has 2 atom stereocenters. The van der Waals surface area contributed by atoms with Gasteiger partial charge < -0.3 is 5.11 Å². The molecule has 0 spiro atoms. The van der Waals surface area contributed by atoms with Gasteiger partial charge in [0.1, 0.15) is 0 Å². The molecule has 1 aromatic carbocycles. The number of fused-ring (bicyclic) bond motifs is 1. The molecule has 2 nitrogen and oxygen atoms in total. The third kappa shape index (κ3) is 1.72. The summed E-state index contributed by atoms with van der Waals surface area (Å²) in [5.74, 6) is 2.43. The van der Waals surface area contributed by atoms with E-state index in [1.807, 2.05) is 24.3 Å². The van der Waals surface area contributed by atoms with Gasteiger partial charge in [-0.15, -0.1) is 12.3 Å². The van der Waals surface area contributed by atoms with Gasteiger partial charge in [-0.25, -0.2) is 4.85 Å². The van der Waals surface area contributed by atoms with Gasteiger partial charge in [0.05, 0.1) is 12.7 Å². The van der Waals surface area contributed by atoms with Crippen LogP contribution in [0.15, 0.2) is 24.3 Å². The van der Waals surface area contributed by atoms with Crippen LogP contribution >= 0.6 is 0 Å². The third-order valence-corrected chi connectivity index (χ3v) is 2.78. The minimum absolute atomic E-state index is 0.0363. The number of aliphatic hydroxyl groups excluding tert-OH is 1. The highest BCUT2D eigenvalue weighted by molar-refractivity contribution is 5.67. The second-order valence-electron chi connectivity index (χ2n) is 3.79. The van der Waals surface area contributed by atoms with Gasteiger partial charge in [-0.3, -0.25) is 0 Å². The molecule has 2 rings (SSSR count). The van der Waals surface area contributed by atoms with E-state index in [0.29, 0.717) is 12.1 Å². The fourth-order valence-corrected chi connectivity index (χ4v) is 1.97. The van der Waals surface area contributed by atoms with Crippen molar-refractivity contribution >= 4 is 11.8 Å². The number of hydrogen-bond acceptors (Lipinski definition) is 1. The Balaban J connectivity index is 2.32. The summed E-state index contributed by atoms with van der Waals surface area (Å²) >= 11 is 0. The van der Waals surface area contributed by atoms with E-state index in [9.17, 15) is 5.11 Å². The molecule has 0 aliphatic heterocycles. The zero-order valence-electron chi connectivity index (χ0n) is 8.72. The normalized spacial score (nSPS) is 18.6. The lowest BCUT2D eigenvalue weighted by Gasteiger charge is -2.16. The lowest BCUT2D eigenvalue weighted by molar-refractivity contribution is 0.165. The van der Waals surface area contributed by atoms with Crippen LogP contribution in [0.2, 0.25) is 0 Å². The molecule has 0 saturated heterocycles. The van der Waals surface area contributed by atoms with Gasteiger partial charge >= 0.3 is 0 Å². The predicted molar refractivity (Wildman–Crippen MR) is 63.9 cm³/mol.